The normalized spacial score (nSPS) is 17.0. The van der Waals surface area contributed by atoms with E-state index in [1.807, 2.05) is 4.90 Å². The van der Waals surface area contributed by atoms with E-state index in [9.17, 15) is 22.8 Å². The van der Waals surface area contributed by atoms with E-state index in [-0.39, 0.29) is 35.8 Å². The van der Waals surface area contributed by atoms with Crippen molar-refractivity contribution in [3.05, 3.63) is 53.3 Å². The first-order valence-electron chi connectivity index (χ1n) is 13.9. The maximum absolute atomic E-state index is 15.3. The number of halogens is 4. The molecule has 1 saturated heterocycles. The van der Waals surface area contributed by atoms with Crippen LogP contribution in [-0.2, 0) is 15.8 Å². The Morgan fingerprint density at radius 2 is 1.75 bits per heavy atom. The predicted octanol–water partition coefficient (Wildman–Crippen LogP) is 4.53. The molecule has 1 saturated carbocycles. The number of benzene rings is 2. The maximum atomic E-state index is 15.3. The molecule has 0 atom stereocenters. The van der Waals surface area contributed by atoms with Crippen molar-refractivity contribution < 1.29 is 37.0 Å². The summed E-state index contributed by atoms with van der Waals surface area (Å²) < 4.78 is 61.7. The number of carbonyl (C=O) groups is 2. The second-order valence-electron chi connectivity index (χ2n) is 11.5. The molecule has 2 aromatic rings. The van der Waals surface area contributed by atoms with E-state index in [0.29, 0.717) is 26.2 Å². The standard InChI is InChI=1S/C30H33F4N5O4S/c1-28(2,27(42)36(3)21-5-4-20(16-35)23(14-21)30(32,33)34)39(19-44)22-6-7-25(24(31)15-22)43-18-29(8-9-29)38-12-10-37(11-13-38)17-26(40)41/h4-7,14-15,19H,8-13,17-18H2,1-3H3,(H,40,41). The van der Waals surface area contributed by atoms with Gasteiger partial charge in [0.1, 0.15) is 12.1 Å². The Morgan fingerprint density at radius 1 is 1.11 bits per heavy atom. The second-order valence-corrected chi connectivity index (χ2v) is 11.7. The highest BCUT2D eigenvalue weighted by molar-refractivity contribution is 7.79. The number of piperazine rings is 1. The Kier molecular flexibility index (Phi) is 9.53. The van der Waals surface area contributed by atoms with Crippen LogP contribution in [-0.4, -0.2) is 89.7 Å². The first-order chi connectivity index (χ1) is 20.6. The smallest absolute Gasteiger partial charge is 0.417 e. The van der Waals surface area contributed by atoms with Gasteiger partial charge in [0.2, 0.25) is 0 Å². The van der Waals surface area contributed by atoms with Gasteiger partial charge in [-0.3, -0.25) is 19.4 Å². The zero-order valence-electron chi connectivity index (χ0n) is 24.5. The highest BCUT2D eigenvalue weighted by Crippen LogP contribution is 2.43. The van der Waals surface area contributed by atoms with Gasteiger partial charge in [-0.2, -0.15) is 18.4 Å². The number of nitrogens with zero attached hydrogens (tertiary/aromatic N) is 5. The van der Waals surface area contributed by atoms with Gasteiger partial charge in [0.25, 0.3) is 5.91 Å². The molecule has 236 valence electrons. The summed E-state index contributed by atoms with van der Waals surface area (Å²) in [6.45, 7) is 5.93. The van der Waals surface area contributed by atoms with Crippen LogP contribution in [0.2, 0.25) is 0 Å². The number of carbonyl (C=O) groups excluding carboxylic acids is 1. The van der Waals surface area contributed by atoms with Gasteiger partial charge in [0, 0.05) is 50.7 Å². The summed E-state index contributed by atoms with van der Waals surface area (Å²) in [4.78, 5) is 31.1. The fraction of sp³-hybridized carbons (Fsp3) is 0.467. The van der Waals surface area contributed by atoms with Crippen molar-refractivity contribution in [3.8, 4) is 11.8 Å². The summed E-state index contributed by atoms with van der Waals surface area (Å²) >= 11 is 5.17. The first kappa shape index (κ1) is 33.1. The molecule has 2 fully saturated rings. The summed E-state index contributed by atoms with van der Waals surface area (Å²) in [7, 11) is 1.31. The van der Waals surface area contributed by atoms with E-state index >= 15 is 4.39 Å². The molecular weight excluding hydrogens is 602 g/mol. The predicted molar refractivity (Wildman–Crippen MR) is 159 cm³/mol. The fourth-order valence-corrected chi connectivity index (χ4v) is 5.84. The van der Waals surface area contributed by atoms with Crippen LogP contribution in [0.3, 0.4) is 0 Å². The molecule has 1 aliphatic carbocycles. The molecule has 1 N–H and O–H groups in total. The lowest BCUT2D eigenvalue weighted by Gasteiger charge is -2.39. The molecule has 2 aromatic carbocycles. The van der Waals surface area contributed by atoms with Crippen LogP contribution in [0.4, 0.5) is 28.9 Å². The summed E-state index contributed by atoms with van der Waals surface area (Å²) in [5, 5.41) is 18.1. The highest BCUT2D eigenvalue weighted by Gasteiger charge is 2.49. The van der Waals surface area contributed by atoms with Crippen LogP contribution in [0, 0.1) is 17.1 Å². The fourth-order valence-electron chi connectivity index (χ4n) is 5.46. The Labute approximate surface area is 258 Å². The summed E-state index contributed by atoms with van der Waals surface area (Å²) in [5.74, 6) is -2.15. The SMILES string of the molecule is CN(C(=O)C(C)(C)N(C=S)c1ccc(OCC2(N3CCN(CC(=O)O)CC3)CC2)c(F)c1)c1ccc(C#N)c(C(F)(F)F)c1. The average molecular weight is 636 g/mol. The molecule has 9 nitrogen and oxygen atoms in total. The number of hydrogen-bond acceptors (Lipinski definition) is 7. The lowest BCUT2D eigenvalue weighted by molar-refractivity contribution is -0.139. The van der Waals surface area contributed by atoms with Gasteiger partial charge in [0.05, 0.1) is 34.8 Å². The van der Waals surface area contributed by atoms with Crippen LogP contribution >= 0.6 is 12.2 Å². The molecule has 14 heteroatoms. The molecule has 1 amide bonds. The van der Waals surface area contributed by atoms with Crippen LogP contribution in [0.5, 0.6) is 5.75 Å². The monoisotopic (exact) mass is 635 g/mol. The van der Waals surface area contributed by atoms with E-state index in [0.717, 1.165) is 29.9 Å². The van der Waals surface area contributed by atoms with Gasteiger partial charge in [-0.15, -0.1) is 0 Å². The van der Waals surface area contributed by atoms with Crippen LogP contribution in [0.1, 0.15) is 37.8 Å². The first-order valence-corrected chi connectivity index (χ1v) is 14.4. The number of thiocarbonyl (C=S) groups is 1. The molecular formula is C30H33F4N5O4S. The molecule has 0 bridgehead atoms. The Bertz CT molecular complexity index is 1470. The van der Waals surface area contributed by atoms with Crippen molar-refractivity contribution in [2.45, 2.75) is 43.9 Å². The molecule has 4 rings (SSSR count). The number of carboxylic acids is 1. The summed E-state index contributed by atoms with van der Waals surface area (Å²) in [6, 6.07) is 8.67. The highest BCUT2D eigenvalue weighted by atomic mass is 32.1. The van der Waals surface area contributed by atoms with Crippen LogP contribution in [0.25, 0.3) is 0 Å². The minimum Gasteiger partial charge on any atom is -0.489 e. The maximum Gasteiger partial charge on any atom is 0.417 e. The van der Waals surface area contributed by atoms with Gasteiger partial charge in [-0.05, 0) is 57.0 Å². The van der Waals surface area contributed by atoms with Gasteiger partial charge in [-0.1, -0.05) is 12.2 Å². The molecule has 44 heavy (non-hydrogen) atoms. The molecule has 1 aliphatic heterocycles. The quantitative estimate of drug-likeness (QED) is 0.282. The Morgan fingerprint density at radius 3 is 2.27 bits per heavy atom. The molecule has 0 radical (unpaired) electrons. The molecule has 1 heterocycles. The van der Waals surface area contributed by atoms with E-state index in [4.69, 9.17) is 27.3 Å². The zero-order chi connectivity index (χ0) is 32.4. The molecule has 2 aliphatic rings. The second kappa shape index (κ2) is 12.7. The van der Waals surface area contributed by atoms with Crippen molar-refractivity contribution in [2.24, 2.45) is 0 Å². The number of nitriles is 1. The van der Waals surface area contributed by atoms with Gasteiger partial charge in [0.15, 0.2) is 11.6 Å². The minimum atomic E-state index is -4.79. The third-order valence-electron chi connectivity index (χ3n) is 8.27. The average Bonchev–Trinajstić information content (AvgIpc) is 3.76. The lowest BCUT2D eigenvalue weighted by Crippen LogP contribution is -2.55. The van der Waals surface area contributed by atoms with Crippen molar-refractivity contribution in [1.29, 1.82) is 5.26 Å². The molecule has 0 aromatic heterocycles. The van der Waals surface area contributed by atoms with E-state index < -0.39 is 40.5 Å². The largest absolute Gasteiger partial charge is 0.489 e. The Balaban J connectivity index is 1.45. The van der Waals surface area contributed by atoms with Crippen molar-refractivity contribution in [1.82, 2.24) is 9.80 Å². The van der Waals surface area contributed by atoms with Crippen molar-refractivity contribution in [3.63, 3.8) is 0 Å². The van der Waals surface area contributed by atoms with Gasteiger partial charge in [-0.25, -0.2) is 4.39 Å². The van der Waals surface area contributed by atoms with Crippen LogP contribution < -0.4 is 14.5 Å². The van der Waals surface area contributed by atoms with E-state index in [2.05, 4.69) is 4.90 Å². The number of likely N-dealkylation sites (N-methyl/N-ethyl adjacent to an activating group) is 1. The third kappa shape index (κ3) is 6.95. The van der Waals surface area contributed by atoms with E-state index in [1.54, 1.807) is 6.07 Å². The molecule has 0 spiro atoms. The van der Waals surface area contributed by atoms with Crippen molar-refractivity contribution in [2.75, 3.05) is 56.2 Å². The number of rotatable bonds is 11. The van der Waals surface area contributed by atoms with E-state index in [1.165, 1.54) is 55.6 Å². The van der Waals surface area contributed by atoms with Crippen LogP contribution in [0.15, 0.2) is 36.4 Å². The number of carboxylic acid groups (broad SMARTS) is 1. The van der Waals surface area contributed by atoms with Crippen molar-refractivity contribution >= 4 is 41.0 Å². The van der Waals surface area contributed by atoms with Gasteiger partial charge >= 0.3 is 12.1 Å². The summed E-state index contributed by atoms with van der Waals surface area (Å²) in [5.41, 5.74) is -2.06. The van der Waals surface area contributed by atoms with Gasteiger partial charge < -0.3 is 19.6 Å². The molecule has 0 unspecified atom stereocenters. The number of anilines is 2. The number of alkyl halides is 3. The topological polar surface area (TPSA) is 100 Å². The minimum absolute atomic E-state index is 0.000751. The number of amides is 1. The third-order valence-corrected chi connectivity index (χ3v) is 8.48. The number of aliphatic carboxylic acids is 1. The Hall–Kier alpha value is -3.80. The number of hydrogen-bond donors (Lipinski definition) is 1. The number of ether oxygens (including phenoxy) is 1. The lowest BCUT2D eigenvalue weighted by atomic mass is 9.99. The summed E-state index contributed by atoms with van der Waals surface area (Å²) in [6.07, 6.45) is -3.02. The zero-order valence-corrected chi connectivity index (χ0v) is 25.3.